The topological polar surface area (TPSA) is 107 Å². The Labute approximate surface area is 139 Å². The zero-order valence-corrected chi connectivity index (χ0v) is 13.7. The summed E-state index contributed by atoms with van der Waals surface area (Å²) in [6.07, 6.45) is 6.72. The normalized spacial score (nSPS) is 17.7. The first-order valence-electron chi connectivity index (χ1n) is 8.31. The van der Waals surface area contributed by atoms with Crippen molar-refractivity contribution in [2.45, 2.75) is 38.6 Å². The molecule has 1 atom stereocenters. The Balaban J connectivity index is 1.63. The third-order valence-corrected chi connectivity index (χ3v) is 4.13. The zero-order valence-electron chi connectivity index (χ0n) is 13.7. The molecule has 1 fully saturated rings. The van der Waals surface area contributed by atoms with Gasteiger partial charge >= 0.3 is 0 Å². The summed E-state index contributed by atoms with van der Waals surface area (Å²) in [6, 6.07) is 1.77. The molecule has 2 aromatic rings. The molecule has 8 nitrogen and oxygen atoms in total. The number of nitrogens with zero attached hydrogens (tertiary/aromatic N) is 3. The van der Waals surface area contributed by atoms with Gasteiger partial charge in [0.25, 0.3) is 11.5 Å². The van der Waals surface area contributed by atoms with Gasteiger partial charge in [-0.25, -0.2) is 4.98 Å². The van der Waals surface area contributed by atoms with Gasteiger partial charge < -0.3 is 15.2 Å². The lowest BCUT2D eigenvalue weighted by Gasteiger charge is -2.33. The third-order valence-electron chi connectivity index (χ3n) is 4.13. The van der Waals surface area contributed by atoms with Crippen LogP contribution in [0.2, 0.25) is 0 Å². The first-order valence-corrected chi connectivity index (χ1v) is 8.31. The van der Waals surface area contributed by atoms with E-state index in [0.717, 1.165) is 37.9 Å². The van der Waals surface area contributed by atoms with E-state index in [9.17, 15) is 9.59 Å². The van der Waals surface area contributed by atoms with Gasteiger partial charge in [0.05, 0.1) is 0 Å². The SMILES string of the molecule is CCCc1cc(C(=O)N[C@H]2CCCN(c3ncc[nH]c3=O)C2)n[nH]1. The van der Waals surface area contributed by atoms with E-state index in [2.05, 4.69) is 32.4 Å². The lowest BCUT2D eigenvalue weighted by Crippen LogP contribution is -2.49. The molecule has 1 aliphatic rings. The largest absolute Gasteiger partial charge is 0.350 e. The minimum Gasteiger partial charge on any atom is -0.350 e. The second kappa shape index (κ2) is 7.29. The van der Waals surface area contributed by atoms with E-state index < -0.39 is 0 Å². The number of hydrogen-bond donors (Lipinski definition) is 3. The smallest absolute Gasteiger partial charge is 0.290 e. The molecule has 0 radical (unpaired) electrons. The molecule has 3 rings (SSSR count). The molecule has 128 valence electrons. The van der Waals surface area contributed by atoms with E-state index in [1.165, 1.54) is 6.20 Å². The molecule has 1 amide bonds. The number of anilines is 1. The van der Waals surface area contributed by atoms with E-state index in [4.69, 9.17) is 0 Å². The second-order valence-electron chi connectivity index (χ2n) is 6.03. The summed E-state index contributed by atoms with van der Waals surface area (Å²) in [6.45, 7) is 3.41. The van der Waals surface area contributed by atoms with Crippen LogP contribution in [0, 0.1) is 0 Å². The molecule has 0 aromatic carbocycles. The van der Waals surface area contributed by atoms with Crippen LogP contribution in [-0.2, 0) is 6.42 Å². The second-order valence-corrected chi connectivity index (χ2v) is 6.03. The lowest BCUT2D eigenvalue weighted by molar-refractivity contribution is 0.0928. The Bertz CT molecular complexity index is 753. The quantitative estimate of drug-likeness (QED) is 0.753. The van der Waals surface area contributed by atoms with Crippen molar-refractivity contribution in [1.29, 1.82) is 0 Å². The summed E-state index contributed by atoms with van der Waals surface area (Å²) in [5.41, 5.74) is 1.17. The van der Waals surface area contributed by atoms with Crippen molar-refractivity contribution in [1.82, 2.24) is 25.5 Å². The van der Waals surface area contributed by atoms with Gasteiger partial charge in [-0.15, -0.1) is 0 Å². The van der Waals surface area contributed by atoms with E-state index in [1.807, 2.05) is 4.90 Å². The number of piperidine rings is 1. The number of hydrogen-bond acceptors (Lipinski definition) is 5. The molecule has 3 heterocycles. The molecule has 24 heavy (non-hydrogen) atoms. The molecule has 0 unspecified atom stereocenters. The number of aromatic amines is 2. The first-order chi connectivity index (χ1) is 11.7. The summed E-state index contributed by atoms with van der Waals surface area (Å²) >= 11 is 0. The predicted octanol–water partition coefficient (Wildman–Crippen LogP) is 0.844. The van der Waals surface area contributed by atoms with Crippen molar-refractivity contribution >= 4 is 11.7 Å². The summed E-state index contributed by atoms with van der Waals surface area (Å²) in [4.78, 5) is 32.9. The molecule has 0 spiro atoms. The van der Waals surface area contributed by atoms with Gasteiger partial charge in [0.1, 0.15) is 5.69 Å². The summed E-state index contributed by atoms with van der Waals surface area (Å²) in [5, 5.41) is 9.97. The minimum atomic E-state index is -0.207. The average Bonchev–Trinajstić information content (AvgIpc) is 3.05. The van der Waals surface area contributed by atoms with E-state index in [-0.39, 0.29) is 17.5 Å². The highest BCUT2D eigenvalue weighted by Crippen LogP contribution is 2.14. The molecule has 8 heteroatoms. The van der Waals surface area contributed by atoms with Crippen LogP contribution in [-0.4, -0.2) is 45.2 Å². The number of amides is 1. The number of aryl methyl sites for hydroxylation is 1. The fourth-order valence-electron chi connectivity index (χ4n) is 2.99. The summed E-state index contributed by atoms with van der Waals surface area (Å²) < 4.78 is 0. The molecular weight excluding hydrogens is 308 g/mol. The Hall–Kier alpha value is -2.64. The zero-order chi connectivity index (χ0) is 16.9. The molecule has 0 bridgehead atoms. The Kier molecular flexibility index (Phi) is 4.93. The molecular formula is C16H22N6O2. The maximum atomic E-state index is 12.3. The highest BCUT2D eigenvalue weighted by molar-refractivity contribution is 5.92. The minimum absolute atomic E-state index is 0.0287. The van der Waals surface area contributed by atoms with Crippen LogP contribution in [0.15, 0.2) is 23.3 Å². The Morgan fingerprint density at radius 2 is 2.38 bits per heavy atom. The Morgan fingerprint density at radius 1 is 1.50 bits per heavy atom. The highest BCUT2D eigenvalue weighted by atomic mass is 16.2. The average molecular weight is 330 g/mol. The molecule has 1 saturated heterocycles. The Morgan fingerprint density at radius 3 is 3.17 bits per heavy atom. The van der Waals surface area contributed by atoms with Crippen LogP contribution in [0.4, 0.5) is 5.82 Å². The molecule has 2 aromatic heterocycles. The molecule has 0 saturated carbocycles. The van der Waals surface area contributed by atoms with Gasteiger partial charge in [0, 0.05) is 37.2 Å². The van der Waals surface area contributed by atoms with Gasteiger partial charge in [-0.05, 0) is 25.3 Å². The van der Waals surface area contributed by atoms with Crippen LogP contribution >= 0.6 is 0 Å². The van der Waals surface area contributed by atoms with Gasteiger partial charge in [-0.3, -0.25) is 14.7 Å². The first kappa shape index (κ1) is 16.2. The number of aromatic nitrogens is 4. The van der Waals surface area contributed by atoms with E-state index in [0.29, 0.717) is 18.1 Å². The van der Waals surface area contributed by atoms with Crippen LogP contribution in [0.3, 0.4) is 0 Å². The van der Waals surface area contributed by atoms with Gasteiger partial charge in [0.2, 0.25) is 0 Å². The number of carbonyl (C=O) groups is 1. The van der Waals surface area contributed by atoms with Crippen molar-refractivity contribution < 1.29 is 4.79 Å². The molecule has 3 N–H and O–H groups in total. The number of nitrogens with one attached hydrogen (secondary N) is 3. The van der Waals surface area contributed by atoms with Gasteiger partial charge in [-0.2, -0.15) is 5.10 Å². The van der Waals surface area contributed by atoms with Crippen molar-refractivity contribution in [3.63, 3.8) is 0 Å². The lowest BCUT2D eigenvalue weighted by atomic mass is 10.1. The maximum absolute atomic E-state index is 12.3. The summed E-state index contributed by atoms with van der Waals surface area (Å²) in [5.74, 6) is 0.219. The fraction of sp³-hybridized carbons (Fsp3) is 0.500. The molecule has 1 aliphatic heterocycles. The van der Waals surface area contributed by atoms with Crippen molar-refractivity contribution in [3.05, 3.63) is 40.2 Å². The fourth-order valence-corrected chi connectivity index (χ4v) is 2.99. The van der Waals surface area contributed by atoms with Crippen LogP contribution < -0.4 is 15.8 Å². The monoisotopic (exact) mass is 330 g/mol. The highest BCUT2D eigenvalue weighted by Gasteiger charge is 2.24. The maximum Gasteiger partial charge on any atom is 0.290 e. The van der Waals surface area contributed by atoms with Crippen molar-refractivity contribution in [2.75, 3.05) is 18.0 Å². The van der Waals surface area contributed by atoms with E-state index >= 15 is 0 Å². The number of H-pyrrole nitrogens is 2. The number of rotatable bonds is 5. The predicted molar refractivity (Wildman–Crippen MR) is 90.1 cm³/mol. The van der Waals surface area contributed by atoms with E-state index in [1.54, 1.807) is 12.3 Å². The van der Waals surface area contributed by atoms with Gasteiger partial charge in [-0.1, -0.05) is 13.3 Å². The van der Waals surface area contributed by atoms with Crippen molar-refractivity contribution in [2.24, 2.45) is 0 Å². The number of carbonyl (C=O) groups excluding carboxylic acids is 1. The van der Waals surface area contributed by atoms with Crippen LogP contribution in [0.5, 0.6) is 0 Å². The van der Waals surface area contributed by atoms with Crippen LogP contribution in [0.1, 0.15) is 42.4 Å². The standard InChI is InChI=1S/C16H22N6O2/c1-2-4-11-9-13(21-20-11)15(23)19-12-5-3-8-22(10-12)14-16(24)18-7-6-17-14/h6-7,9,12H,2-5,8,10H2,1H3,(H,18,24)(H,19,23)(H,20,21)/t12-/m0/s1. The third kappa shape index (κ3) is 3.64. The molecule has 0 aliphatic carbocycles. The van der Waals surface area contributed by atoms with Crippen LogP contribution in [0.25, 0.3) is 0 Å². The summed E-state index contributed by atoms with van der Waals surface area (Å²) in [7, 11) is 0. The van der Waals surface area contributed by atoms with Gasteiger partial charge in [0.15, 0.2) is 5.82 Å². The van der Waals surface area contributed by atoms with Crippen molar-refractivity contribution in [3.8, 4) is 0 Å².